The predicted octanol–water partition coefficient (Wildman–Crippen LogP) is 3.05. The van der Waals surface area contributed by atoms with E-state index in [0.717, 1.165) is 34.6 Å². The molecule has 0 bridgehead atoms. The number of nitrogens with two attached hydrogens (primary N) is 1. The molecule has 1 aromatic heterocycles. The number of nitrogens with zero attached hydrogens (tertiary/aromatic N) is 2. The number of ether oxygens (including phenoxy) is 1. The normalized spacial score (nSPS) is 10.8. The van der Waals surface area contributed by atoms with Crippen LogP contribution in [0.1, 0.15) is 23.9 Å². The minimum atomic E-state index is 0.526. The molecule has 5 heteroatoms. The van der Waals surface area contributed by atoms with E-state index in [2.05, 4.69) is 34.0 Å². The number of hydrogen-bond acceptors (Lipinski definition) is 3. The Hall–Kier alpha value is -1.33. The van der Waals surface area contributed by atoms with Crippen molar-refractivity contribution in [2.75, 3.05) is 6.54 Å². The molecule has 0 fully saturated rings. The fraction of sp³-hybridized carbons (Fsp3) is 0.400. The average molecular weight is 338 g/mol. The Morgan fingerprint density at radius 2 is 2.15 bits per heavy atom. The van der Waals surface area contributed by atoms with Crippen LogP contribution in [0.25, 0.3) is 0 Å². The quantitative estimate of drug-likeness (QED) is 0.881. The molecule has 2 N–H and O–H groups in total. The number of halogens is 1. The largest absolute Gasteiger partial charge is 0.487 e. The lowest BCUT2D eigenvalue weighted by atomic mass is 10.1. The summed E-state index contributed by atoms with van der Waals surface area (Å²) in [7, 11) is 0. The monoisotopic (exact) mass is 337 g/mol. The second kappa shape index (κ2) is 6.90. The van der Waals surface area contributed by atoms with Crippen LogP contribution in [-0.2, 0) is 19.6 Å². The van der Waals surface area contributed by atoms with Crippen molar-refractivity contribution in [1.82, 2.24) is 9.78 Å². The van der Waals surface area contributed by atoms with Crippen LogP contribution in [0.2, 0.25) is 0 Å². The van der Waals surface area contributed by atoms with Gasteiger partial charge >= 0.3 is 0 Å². The summed E-state index contributed by atoms with van der Waals surface area (Å²) in [5, 5.41) is 4.42. The molecule has 0 aliphatic heterocycles. The van der Waals surface area contributed by atoms with Crippen LogP contribution in [0.4, 0.5) is 0 Å². The SMILES string of the molecule is CCn1nc(C)cc1COc1ccc(Br)c(CCN)c1. The smallest absolute Gasteiger partial charge is 0.130 e. The minimum absolute atomic E-state index is 0.526. The maximum atomic E-state index is 5.87. The Labute approximate surface area is 128 Å². The van der Waals surface area contributed by atoms with Gasteiger partial charge in [-0.3, -0.25) is 4.68 Å². The van der Waals surface area contributed by atoms with Gasteiger partial charge in [-0.25, -0.2) is 0 Å². The van der Waals surface area contributed by atoms with Crippen LogP contribution >= 0.6 is 15.9 Å². The van der Waals surface area contributed by atoms with Crippen LogP contribution in [-0.4, -0.2) is 16.3 Å². The average Bonchev–Trinajstić information content (AvgIpc) is 2.80. The van der Waals surface area contributed by atoms with Crippen molar-refractivity contribution < 1.29 is 4.74 Å². The maximum absolute atomic E-state index is 5.87. The molecule has 4 nitrogen and oxygen atoms in total. The third-order valence-electron chi connectivity index (χ3n) is 3.10. The van der Waals surface area contributed by atoms with Crippen molar-refractivity contribution in [3.05, 3.63) is 45.7 Å². The molecule has 1 aromatic carbocycles. The Bertz CT molecular complexity index is 580. The molecular weight excluding hydrogens is 318 g/mol. The molecule has 20 heavy (non-hydrogen) atoms. The highest BCUT2D eigenvalue weighted by molar-refractivity contribution is 9.10. The number of rotatable bonds is 6. The first-order valence-corrected chi connectivity index (χ1v) is 7.58. The Morgan fingerprint density at radius 3 is 2.85 bits per heavy atom. The fourth-order valence-corrected chi connectivity index (χ4v) is 2.58. The van der Waals surface area contributed by atoms with E-state index in [1.165, 1.54) is 5.56 Å². The van der Waals surface area contributed by atoms with Gasteiger partial charge in [0.2, 0.25) is 0 Å². The molecule has 108 valence electrons. The van der Waals surface area contributed by atoms with Crippen LogP contribution < -0.4 is 10.5 Å². The zero-order chi connectivity index (χ0) is 14.5. The van der Waals surface area contributed by atoms with Crippen molar-refractivity contribution >= 4 is 15.9 Å². The van der Waals surface area contributed by atoms with E-state index in [-0.39, 0.29) is 0 Å². The van der Waals surface area contributed by atoms with E-state index in [0.29, 0.717) is 13.2 Å². The lowest BCUT2D eigenvalue weighted by molar-refractivity contribution is 0.292. The van der Waals surface area contributed by atoms with Gasteiger partial charge < -0.3 is 10.5 Å². The molecule has 0 saturated carbocycles. The molecule has 0 aliphatic rings. The lowest BCUT2D eigenvalue weighted by Gasteiger charge is -2.10. The predicted molar refractivity (Wildman–Crippen MR) is 83.9 cm³/mol. The van der Waals surface area contributed by atoms with Crippen molar-refractivity contribution in [3.8, 4) is 5.75 Å². The van der Waals surface area contributed by atoms with E-state index in [1.807, 2.05) is 29.8 Å². The summed E-state index contributed by atoms with van der Waals surface area (Å²) in [5.74, 6) is 0.859. The number of aromatic nitrogens is 2. The summed E-state index contributed by atoms with van der Waals surface area (Å²) in [6.45, 7) is 6.08. The van der Waals surface area contributed by atoms with Crippen molar-refractivity contribution in [1.29, 1.82) is 0 Å². The third kappa shape index (κ3) is 3.61. The number of aryl methyl sites for hydroxylation is 2. The van der Waals surface area contributed by atoms with Crippen LogP contribution in [0.15, 0.2) is 28.7 Å². The standard InChI is InChI=1S/C15H20BrN3O/c1-3-19-13(8-11(2)18-19)10-20-14-4-5-15(16)12(9-14)6-7-17/h4-5,8-9H,3,6-7,10,17H2,1-2H3. The van der Waals surface area contributed by atoms with Gasteiger partial charge in [-0.15, -0.1) is 0 Å². The molecule has 0 radical (unpaired) electrons. The van der Waals surface area contributed by atoms with Crippen molar-refractivity contribution in [2.45, 2.75) is 33.4 Å². The molecule has 1 heterocycles. The van der Waals surface area contributed by atoms with Gasteiger partial charge in [-0.2, -0.15) is 5.10 Å². The Balaban J connectivity index is 2.08. The molecule has 2 aromatic rings. The highest BCUT2D eigenvalue weighted by atomic mass is 79.9. The third-order valence-corrected chi connectivity index (χ3v) is 3.88. The van der Waals surface area contributed by atoms with Gasteiger partial charge in [0.05, 0.1) is 11.4 Å². The van der Waals surface area contributed by atoms with Gasteiger partial charge in [-0.1, -0.05) is 15.9 Å². The second-order valence-electron chi connectivity index (χ2n) is 4.67. The van der Waals surface area contributed by atoms with Gasteiger partial charge in [0.25, 0.3) is 0 Å². The molecule has 0 spiro atoms. The van der Waals surface area contributed by atoms with E-state index in [4.69, 9.17) is 10.5 Å². The number of hydrogen-bond donors (Lipinski definition) is 1. The van der Waals surface area contributed by atoms with Crippen LogP contribution in [0.3, 0.4) is 0 Å². The molecule has 2 rings (SSSR count). The topological polar surface area (TPSA) is 53.1 Å². The molecule has 0 aliphatic carbocycles. The van der Waals surface area contributed by atoms with E-state index < -0.39 is 0 Å². The van der Waals surface area contributed by atoms with Crippen LogP contribution in [0.5, 0.6) is 5.75 Å². The highest BCUT2D eigenvalue weighted by Gasteiger charge is 2.06. The first kappa shape index (κ1) is 15.1. The summed E-state index contributed by atoms with van der Waals surface area (Å²) in [4.78, 5) is 0. The first-order valence-electron chi connectivity index (χ1n) is 6.78. The highest BCUT2D eigenvalue weighted by Crippen LogP contribution is 2.23. The summed E-state index contributed by atoms with van der Waals surface area (Å²) in [6.07, 6.45) is 0.837. The second-order valence-corrected chi connectivity index (χ2v) is 5.53. The Morgan fingerprint density at radius 1 is 1.35 bits per heavy atom. The Kier molecular flexibility index (Phi) is 5.20. The van der Waals surface area contributed by atoms with Crippen LogP contribution in [0, 0.1) is 6.92 Å². The van der Waals surface area contributed by atoms with E-state index in [9.17, 15) is 0 Å². The summed E-state index contributed by atoms with van der Waals surface area (Å²) in [6, 6.07) is 8.06. The maximum Gasteiger partial charge on any atom is 0.130 e. The van der Waals surface area contributed by atoms with Crippen molar-refractivity contribution in [2.24, 2.45) is 5.73 Å². The van der Waals surface area contributed by atoms with Gasteiger partial charge in [0, 0.05) is 11.0 Å². The lowest BCUT2D eigenvalue weighted by Crippen LogP contribution is -2.07. The first-order chi connectivity index (χ1) is 9.63. The fourth-order valence-electron chi connectivity index (χ4n) is 2.13. The van der Waals surface area contributed by atoms with Gasteiger partial charge in [0.15, 0.2) is 0 Å². The summed E-state index contributed by atoms with van der Waals surface area (Å²) in [5.41, 5.74) is 8.89. The number of benzene rings is 1. The van der Waals surface area contributed by atoms with Crippen molar-refractivity contribution in [3.63, 3.8) is 0 Å². The molecule has 0 saturated heterocycles. The zero-order valence-corrected chi connectivity index (χ0v) is 13.5. The van der Waals surface area contributed by atoms with E-state index >= 15 is 0 Å². The summed E-state index contributed by atoms with van der Waals surface area (Å²) < 4.78 is 8.91. The molecule has 0 amide bonds. The molecule has 0 atom stereocenters. The zero-order valence-electron chi connectivity index (χ0n) is 11.9. The van der Waals surface area contributed by atoms with Gasteiger partial charge in [-0.05, 0) is 56.6 Å². The molecule has 0 unspecified atom stereocenters. The van der Waals surface area contributed by atoms with Gasteiger partial charge in [0.1, 0.15) is 12.4 Å². The van der Waals surface area contributed by atoms with E-state index in [1.54, 1.807) is 0 Å². The minimum Gasteiger partial charge on any atom is -0.487 e. The summed E-state index contributed by atoms with van der Waals surface area (Å²) >= 11 is 3.53. The molecular formula is C15H20BrN3O.